The van der Waals surface area contributed by atoms with Gasteiger partial charge in [-0.25, -0.2) is 4.98 Å². The molecule has 0 fully saturated rings. The summed E-state index contributed by atoms with van der Waals surface area (Å²) in [6, 6.07) is 8.98. The average Bonchev–Trinajstić information content (AvgIpc) is 2.56. The summed E-state index contributed by atoms with van der Waals surface area (Å²) in [5, 5.41) is 2.81. The van der Waals surface area contributed by atoms with Gasteiger partial charge in [0.05, 0.1) is 18.6 Å². The summed E-state index contributed by atoms with van der Waals surface area (Å²) in [6.45, 7) is 7.35. The minimum atomic E-state index is -0.142. The van der Waals surface area contributed by atoms with E-state index in [0.717, 1.165) is 11.3 Å². The van der Waals surface area contributed by atoms with E-state index in [1.54, 1.807) is 0 Å². The second-order valence-electron chi connectivity index (χ2n) is 6.21. The molecule has 134 valence electrons. The lowest BCUT2D eigenvalue weighted by Gasteiger charge is -2.09. The highest BCUT2D eigenvalue weighted by atomic mass is 16.5. The van der Waals surface area contributed by atoms with Crippen molar-refractivity contribution in [2.75, 3.05) is 13.2 Å². The molecule has 1 aromatic heterocycles. The average molecular weight is 343 g/mol. The summed E-state index contributed by atoms with van der Waals surface area (Å²) in [7, 11) is 0. The Labute approximate surface area is 147 Å². The first-order valence-corrected chi connectivity index (χ1v) is 8.56. The molecular formula is C19H25N3O3. The molecule has 0 spiro atoms. The molecule has 6 nitrogen and oxygen atoms in total. The standard InChI is InChI=1S/C19H25N3O3/c1-4-25-16-7-5-15(6-8-16)17-12-19(24)22(13-21-17)10-9-20-18(23)11-14(2)3/h5-8,12-14H,4,9-11H2,1-3H3,(H,20,23). The summed E-state index contributed by atoms with van der Waals surface area (Å²) < 4.78 is 6.90. The number of benzene rings is 1. The first-order chi connectivity index (χ1) is 12.0. The van der Waals surface area contributed by atoms with E-state index in [4.69, 9.17) is 4.74 Å². The molecular weight excluding hydrogens is 318 g/mol. The molecule has 0 bridgehead atoms. The van der Waals surface area contributed by atoms with Crippen molar-refractivity contribution in [3.63, 3.8) is 0 Å². The van der Waals surface area contributed by atoms with E-state index >= 15 is 0 Å². The first-order valence-electron chi connectivity index (χ1n) is 8.56. The van der Waals surface area contributed by atoms with Crippen LogP contribution in [0.3, 0.4) is 0 Å². The fourth-order valence-electron chi connectivity index (χ4n) is 2.40. The van der Waals surface area contributed by atoms with Crippen molar-refractivity contribution < 1.29 is 9.53 Å². The molecule has 2 rings (SSSR count). The van der Waals surface area contributed by atoms with Crippen LogP contribution in [-0.4, -0.2) is 28.6 Å². The molecule has 1 amide bonds. The number of hydrogen-bond acceptors (Lipinski definition) is 4. The van der Waals surface area contributed by atoms with Crippen LogP contribution in [0, 0.1) is 5.92 Å². The lowest BCUT2D eigenvalue weighted by Crippen LogP contribution is -2.31. The van der Waals surface area contributed by atoms with Crippen molar-refractivity contribution in [1.29, 1.82) is 0 Å². The minimum absolute atomic E-state index is 0.00187. The van der Waals surface area contributed by atoms with Crippen LogP contribution in [0.1, 0.15) is 27.2 Å². The molecule has 1 heterocycles. The quantitative estimate of drug-likeness (QED) is 0.799. The number of carbonyl (C=O) groups excluding carboxylic acids is 1. The Bertz CT molecular complexity index is 751. The predicted octanol–water partition coefficient (Wildman–Crippen LogP) is 2.47. The summed E-state index contributed by atoms with van der Waals surface area (Å²) in [5.41, 5.74) is 1.34. The lowest BCUT2D eigenvalue weighted by molar-refractivity contribution is -0.121. The zero-order valence-electron chi connectivity index (χ0n) is 15.0. The van der Waals surface area contributed by atoms with Gasteiger partial charge in [0.25, 0.3) is 5.56 Å². The molecule has 0 radical (unpaired) electrons. The number of ether oxygens (including phenoxy) is 1. The molecule has 25 heavy (non-hydrogen) atoms. The third-order valence-corrected chi connectivity index (χ3v) is 3.61. The summed E-state index contributed by atoms with van der Waals surface area (Å²) in [6.07, 6.45) is 2.01. The monoisotopic (exact) mass is 343 g/mol. The van der Waals surface area contributed by atoms with Gasteiger partial charge in [-0.2, -0.15) is 0 Å². The van der Waals surface area contributed by atoms with E-state index in [-0.39, 0.29) is 11.5 Å². The van der Waals surface area contributed by atoms with Gasteiger partial charge in [0.2, 0.25) is 5.91 Å². The first kappa shape index (κ1) is 18.7. The predicted molar refractivity (Wildman–Crippen MR) is 97.6 cm³/mol. The summed E-state index contributed by atoms with van der Waals surface area (Å²) in [4.78, 5) is 28.2. The van der Waals surface area contributed by atoms with Crippen LogP contribution >= 0.6 is 0 Å². The van der Waals surface area contributed by atoms with Gasteiger partial charge in [-0.05, 0) is 37.1 Å². The van der Waals surface area contributed by atoms with Crippen LogP contribution < -0.4 is 15.6 Å². The van der Waals surface area contributed by atoms with E-state index in [1.807, 2.05) is 45.0 Å². The molecule has 0 aliphatic carbocycles. The van der Waals surface area contributed by atoms with Crippen molar-refractivity contribution in [2.24, 2.45) is 5.92 Å². The van der Waals surface area contributed by atoms with Gasteiger partial charge in [-0.1, -0.05) is 13.8 Å². The van der Waals surface area contributed by atoms with Crippen molar-refractivity contribution in [3.8, 4) is 17.0 Å². The van der Waals surface area contributed by atoms with E-state index in [1.165, 1.54) is 17.0 Å². The maximum atomic E-state index is 12.2. The largest absolute Gasteiger partial charge is 0.494 e. The summed E-state index contributed by atoms with van der Waals surface area (Å²) >= 11 is 0. The van der Waals surface area contributed by atoms with E-state index < -0.39 is 0 Å². The maximum absolute atomic E-state index is 12.2. The van der Waals surface area contributed by atoms with Crippen molar-refractivity contribution in [3.05, 3.63) is 47.0 Å². The number of hydrogen-bond donors (Lipinski definition) is 1. The van der Waals surface area contributed by atoms with Gasteiger partial charge < -0.3 is 10.1 Å². The third-order valence-electron chi connectivity index (χ3n) is 3.61. The molecule has 1 N–H and O–H groups in total. The summed E-state index contributed by atoms with van der Waals surface area (Å²) in [5.74, 6) is 1.11. The minimum Gasteiger partial charge on any atom is -0.494 e. The van der Waals surface area contributed by atoms with Gasteiger partial charge >= 0.3 is 0 Å². The second kappa shape index (κ2) is 9.01. The SMILES string of the molecule is CCOc1ccc(-c2cc(=O)n(CCNC(=O)CC(C)C)cn2)cc1. The number of nitrogens with one attached hydrogen (secondary N) is 1. The van der Waals surface area contributed by atoms with Gasteiger partial charge in [0, 0.05) is 31.1 Å². The highest BCUT2D eigenvalue weighted by Gasteiger charge is 2.06. The number of carbonyl (C=O) groups is 1. The molecule has 6 heteroatoms. The molecule has 0 saturated heterocycles. The van der Waals surface area contributed by atoms with Crippen molar-refractivity contribution in [1.82, 2.24) is 14.9 Å². The smallest absolute Gasteiger partial charge is 0.253 e. The van der Waals surface area contributed by atoms with Crippen LogP contribution in [0.15, 0.2) is 41.5 Å². The molecule has 2 aromatic rings. The fourth-order valence-corrected chi connectivity index (χ4v) is 2.40. The van der Waals surface area contributed by atoms with Crippen LogP contribution in [0.5, 0.6) is 5.75 Å². The second-order valence-corrected chi connectivity index (χ2v) is 6.21. The number of amides is 1. The molecule has 0 aliphatic rings. The van der Waals surface area contributed by atoms with Gasteiger partial charge in [0.1, 0.15) is 5.75 Å². The normalized spacial score (nSPS) is 10.7. The van der Waals surface area contributed by atoms with E-state index in [2.05, 4.69) is 10.3 Å². The van der Waals surface area contributed by atoms with Crippen molar-refractivity contribution in [2.45, 2.75) is 33.7 Å². The third kappa shape index (κ3) is 5.74. The Morgan fingerprint density at radius 3 is 2.60 bits per heavy atom. The van der Waals surface area contributed by atoms with Gasteiger partial charge in [0.15, 0.2) is 0 Å². The highest BCUT2D eigenvalue weighted by Crippen LogP contribution is 2.19. The molecule has 0 unspecified atom stereocenters. The maximum Gasteiger partial charge on any atom is 0.253 e. The topological polar surface area (TPSA) is 73.2 Å². The molecule has 0 saturated carbocycles. The zero-order chi connectivity index (χ0) is 18.2. The Balaban J connectivity index is 1.98. The number of rotatable bonds is 8. The molecule has 0 aliphatic heterocycles. The Morgan fingerprint density at radius 1 is 1.28 bits per heavy atom. The Kier molecular flexibility index (Phi) is 6.74. The van der Waals surface area contributed by atoms with Crippen molar-refractivity contribution >= 4 is 5.91 Å². The van der Waals surface area contributed by atoms with E-state index in [0.29, 0.717) is 37.7 Å². The van der Waals surface area contributed by atoms with Crippen LogP contribution in [0.25, 0.3) is 11.3 Å². The Hall–Kier alpha value is -2.63. The van der Waals surface area contributed by atoms with E-state index in [9.17, 15) is 9.59 Å². The lowest BCUT2D eigenvalue weighted by atomic mass is 10.1. The molecule has 1 aromatic carbocycles. The van der Waals surface area contributed by atoms with Gasteiger partial charge in [-0.15, -0.1) is 0 Å². The van der Waals surface area contributed by atoms with Crippen LogP contribution in [0.2, 0.25) is 0 Å². The number of aromatic nitrogens is 2. The highest BCUT2D eigenvalue weighted by molar-refractivity contribution is 5.75. The van der Waals surface area contributed by atoms with Crippen LogP contribution in [-0.2, 0) is 11.3 Å². The zero-order valence-corrected chi connectivity index (χ0v) is 15.0. The molecule has 0 atom stereocenters. The van der Waals surface area contributed by atoms with Crippen LogP contribution in [0.4, 0.5) is 0 Å². The fraction of sp³-hybridized carbons (Fsp3) is 0.421. The number of nitrogens with zero attached hydrogens (tertiary/aromatic N) is 2. The van der Waals surface area contributed by atoms with Gasteiger partial charge in [-0.3, -0.25) is 14.2 Å². The Morgan fingerprint density at radius 2 is 2.00 bits per heavy atom.